The Kier molecular flexibility index (Phi) is 6.30. The van der Waals surface area contributed by atoms with Gasteiger partial charge in [-0.3, -0.25) is 0 Å². The lowest BCUT2D eigenvalue weighted by Gasteiger charge is -2.19. The summed E-state index contributed by atoms with van der Waals surface area (Å²) in [5, 5.41) is 6.17. The highest BCUT2D eigenvalue weighted by molar-refractivity contribution is 9.10. The second-order valence-corrected chi connectivity index (χ2v) is 7.60. The summed E-state index contributed by atoms with van der Waals surface area (Å²) < 4.78 is 12.0. The standard InChI is InChI=1S/C17H25BrN2O3/c1-17(2,3)23-16(21)19-8-9-22-15-10-13(18)5-4-12(15)11-20-14-6-7-14/h4-5,10,14,20H,6-9,11H2,1-3H3,(H,19,21). The number of ether oxygens (including phenoxy) is 2. The molecule has 0 unspecified atom stereocenters. The van der Waals surface area contributed by atoms with E-state index in [9.17, 15) is 4.79 Å². The van der Waals surface area contributed by atoms with Crippen LogP contribution in [0.2, 0.25) is 0 Å². The molecule has 2 rings (SSSR count). The van der Waals surface area contributed by atoms with E-state index in [1.807, 2.05) is 32.9 Å². The molecule has 0 aliphatic heterocycles. The number of carbonyl (C=O) groups excluding carboxylic acids is 1. The van der Waals surface area contributed by atoms with Gasteiger partial charge < -0.3 is 20.1 Å². The van der Waals surface area contributed by atoms with Gasteiger partial charge in [-0.1, -0.05) is 22.0 Å². The minimum absolute atomic E-state index is 0.395. The first-order chi connectivity index (χ1) is 10.8. The van der Waals surface area contributed by atoms with E-state index in [1.54, 1.807) is 0 Å². The van der Waals surface area contributed by atoms with E-state index in [0.29, 0.717) is 19.2 Å². The van der Waals surface area contributed by atoms with Crippen LogP contribution in [0.1, 0.15) is 39.2 Å². The van der Waals surface area contributed by atoms with Crippen molar-refractivity contribution < 1.29 is 14.3 Å². The number of benzene rings is 1. The third-order valence-corrected chi connectivity index (χ3v) is 3.71. The van der Waals surface area contributed by atoms with E-state index < -0.39 is 11.7 Å². The van der Waals surface area contributed by atoms with Crippen LogP contribution >= 0.6 is 15.9 Å². The monoisotopic (exact) mass is 384 g/mol. The van der Waals surface area contributed by atoms with Crippen LogP contribution in [0.15, 0.2) is 22.7 Å². The lowest BCUT2D eigenvalue weighted by atomic mass is 10.2. The Hall–Kier alpha value is -1.27. The third-order valence-electron chi connectivity index (χ3n) is 3.22. The zero-order valence-electron chi connectivity index (χ0n) is 13.9. The van der Waals surface area contributed by atoms with E-state index in [0.717, 1.165) is 22.3 Å². The summed E-state index contributed by atoms with van der Waals surface area (Å²) in [6.07, 6.45) is 2.09. The maximum absolute atomic E-state index is 11.6. The number of nitrogens with one attached hydrogen (secondary N) is 2. The van der Waals surface area contributed by atoms with E-state index >= 15 is 0 Å². The average Bonchev–Trinajstić information content (AvgIpc) is 3.25. The van der Waals surface area contributed by atoms with Gasteiger partial charge in [-0.15, -0.1) is 0 Å². The summed E-state index contributed by atoms with van der Waals surface area (Å²) >= 11 is 3.46. The van der Waals surface area contributed by atoms with Crippen LogP contribution in [0.3, 0.4) is 0 Å². The van der Waals surface area contributed by atoms with Crippen molar-refractivity contribution >= 4 is 22.0 Å². The molecule has 1 aromatic carbocycles. The number of hydrogen-bond donors (Lipinski definition) is 2. The molecule has 0 atom stereocenters. The zero-order chi connectivity index (χ0) is 16.9. The van der Waals surface area contributed by atoms with Gasteiger partial charge in [0.05, 0.1) is 6.54 Å². The van der Waals surface area contributed by atoms with Gasteiger partial charge in [-0.05, 0) is 45.7 Å². The van der Waals surface area contributed by atoms with Crippen LogP contribution in [0, 0.1) is 0 Å². The van der Waals surface area contributed by atoms with Crippen molar-refractivity contribution in [2.24, 2.45) is 0 Å². The molecule has 5 nitrogen and oxygen atoms in total. The van der Waals surface area contributed by atoms with Gasteiger partial charge >= 0.3 is 6.09 Å². The molecule has 6 heteroatoms. The number of hydrogen-bond acceptors (Lipinski definition) is 4. The van der Waals surface area contributed by atoms with Crippen molar-refractivity contribution in [1.82, 2.24) is 10.6 Å². The van der Waals surface area contributed by atoms with Crippen molar-refractivity contribution in [2.75, 3.05) is 13.2 Å². The van der Waals surface area contributed by atoms with Crippen molar-refractivity contribution in [2.45, 2.75) is 51.8 Å². The Labute approximate surface area is 146 Å². The molecule has 2 N–H and O–H groups in total. The van der Waals surface area contributed by atoms with Crippen LogP contribution in [0.25, 0.3) is 0 Å². The molecule has 1 aliphatic rings. The minimum Gasteiger partial charge on any atom is -0.491 e. The molecule has 0 radical (unpaired) electrons. The van der Waals surface area contributed by atoms with Crippen molar-refractivity contribution in [3.05, 3.63) is 28.2 Å². The second-order valence-electron chi connectivity index (χ2n) is 6.68. The second kappa shape index (κ2) is 8.02. The van der Waals surface area contributed by atoms with Crippen molar-refractivity contribution in [3.63, 3.8) is 0 Å². The summed E-state index contributed by atoms with van der Waals surface area (Å²) in [6, 6.07) is 6.67. The van der Waals surface area contributed by atoms with Crippen LogP contribution in [-0.2, 0) is 11.3 Å². The molecule has 1 saturated carbocycles. The molecular weight excluding hydrogens is 360 g/mol. The molecule has 0 heterocycles. The van der Waals surface area contributed by atoms with E-state index in [1.165, 1.54) is 12.8 Å². The Balaban J connectivity index is 1.77. The SMILES string of the molecule is CC(C)(C)OC(=O)NCCOc1cc(Br)ccc1CNC1CC1. The molecule has 1 amide bonds. The fourth-order valence-corrected chi connectivity index (χ4v) is 2.32. The molecule has 0 saturated heterocycles. The topological polar surface area (TPSA) is 59.6 Å². The number of halogens is 1. The largest absolute Gasteiger partial charge is 0.491 e. The van der Waals surface area contributed by atoms with E-state index in [-0.39, 0.29) is 0 Å². The van der Waals surface area contributed by atoms with Gasteiger partial charge in [0.1, 0.15) is 18.0 Å². The Morgan fingerprint density at radius 1 is 1.35 bits per heavy atom. The molecular formula is C17H25BrN2O3. The first-order valence-electron chi connectivity index (χ1n) is 7.95. The van der Waals surface area contributed by atoms with E-state index in [4.69, 9.17) is 9.47 Å². The minimum atomic E-state index is -0.489. The van der Waals surface area contributed by atoms with Crippen LogP contribution in [-0.4, -0.2) is 30.9 Å². The fourth-order valence-electron chi connectivity index (χ4n) is 1.98. The maximum Gasteiger partial charge on any atom is 0.407 e. The fraction of sp³-hybridized carbons (Fsp3) is 0.588. The first kappa shape index (κ1) is 18.1. The summed E-state index contributed by atoms with van der Waals surface area (Å²) in [6.45, 7) is 7.10. The molecule has 1 fully saturated rings. The molecule has 128 valence electrons. The third kappa shape index (κ3) is 7.22. The Morgan fingerprint density at radius 2 is 2.09 bits per heavy atom. The lowest BCUT2D eigenvalue weighted by Crippen LogP contribution is -2.34. The molecule has 0 spiro atoms. The number of carbonyl (C=O) groups is 1. The van der Waals surface area contributed by atoms with Crippen LogP contribution in [0.4, 0.5) is 4.79 Å². The normalized spacial score (nSPS) is 14.4. The Bertz CT molecular complexity index is 539. The van der Waals surface area contributed by atoms with Gasteiger partial charge in [0.25, 0.3) is 0 Å². The predicted molar refractivity (Wildman–Crippen MR) is 93.7 cm³/mol. The zero-order valence-corrected chi connectivity index (χ0v) is 15.5. The quantitative estimate of drug-likeness (QED) is 0.705. The van der Waals surface area contributed by atoms with Crippen LogP contribution < -0.4 is 15.4 Å². The summed E-state index contributed by atoms with van der Waals surface area (Å²) in [4.78, 5) is 11.6. The van der Waals surface area contributed by atoms with Crippen LogP contribution in [0.5, 0.6) is 5.75 Å². The average molecular weight is 385 g/mol. The van der Waals surface area contributed by atoms with Gasteiger partial charge in [0.2, 0.25) is 0 Å². The lowest BCUT2D eigenvalue weighted by molar-refractivity contribution is 0.0520. The summed E-state index contributed by atoms with van der Waals surface area (Å²) in [5.74, 6) is 0.832. The smallest absolute Gasteiger partial charge is 0.407 e. The highest BCUT2D eigenvalue weighted by Gasteiger charge is 2.20. The maximum atomic E-state index is 11.6. The van der Waals surface area contributed by atoms with Crippen molar-refractivity contribution in [1.29, 1.82) is 0 Å². The predicted octanol–water partition coefficient (Wildman–Crippen LogP) is 3.60. The molecule has 0 bridgehead atoms. The summed E-state index contributed by atoms with van der Waals surface area (Å²) in [5.41, 5.74) is 0.633. The highest BCUT2D eigenvalue weighted by Crippen LogP contribution is 2.25. The van der Waals surface area contributed by atoms with Gasteiger partial charge in [0, 0.05) is 22.6 Å². The Morgan fingerprint density at radius 3 is 2.74 bits per heavy atom. The first-order valence-corrected chi connectivity index (χ1v) is 8.74. The van der Waals surface area contributed by atoms with E-state index in [2.05, 4.69) is 32.6 Å². The van der Waals surface area contributed by atoms with Gasteiger partial charge in [-0.25, -0.2) is 4.79 Å². The van der Waals surface area contributed by atoms with Crippen molar-refractivity contribution in [3.8, 4) is 5.75 Å². The molecule has 1 aromatic rings. The molecule has 23 heavy (non-hydrogen) atoms. The highest BCUT2D eigenvalue weighted by atomic mass is 79.9. The van der Waals surface area contributed by atoms with Gasteiger partial charge in [-0.2, -0.15) is 0 Å². The summed E-state index contributed by atoms with van der Waals surface area (Å²) in [7, 11) is 0. The van der Waals surface area contributed by atoms with Gasteiger partial charge in [0.15, 0.2) is 0 Å². The molecule has 1 aliphatic carbocycles. The molecule has 0 aromatic heterocycles. The number of alkyl carbamates (subject to hydrolysis) is 1. The number of rotatable bonds is 7. The number of amides is 1.